The van der Waals surface area contributed by atoms with Gasteiger partial charge in [0.2, 0.25) is 5.82 Å². The Kier molecular flexibility index (Phi) is 2.63. The molecule has 0 unspecified atom stereocenters. The summed E-state index contributed by atoms with van der Waals surface area (Å²) in [6.45, 7) is 1.84. The molecular weight excluding hydrogens is 268 g/mol. The Balaban J connectivity index is 2.06. The molecule has 3 aromatic rings. The maximum absolute atomic E-state index is 6.16. The Labute approximate surface area is 113 Å². The summed E-state index contributed by atoms with van der Waals surface area (Å²) >= 11 is 6.16. The van der Waals surface area contributed by atoms with E-state index in [9.17, 15) is 0 Å². The quantitative estimate of drug-likeness (QED) is 0.715. The van der Waals surface area contributed by atoms with Crippen molar-refractivity contribution in [3.63, 3.8) is 0 Å². The van der Waals surface area contributed by atoms with Crippen molar-refractivity contribution < 1.29 is 4.52 Å². The molecule has 0 atom stereocenters. The molecule has 0 aromatic carbocycles. The van der Waals surface area contributed by atoms with Gasteiger partial charge in [0.05, 0.1) is 23.0 Å². The van der Waals surface area contributed by atoms with E-state index in [1.807, 2.05) is 20.2 Å². The monoisotopic (exact) mass is 278 g/mol. The normalized spacial score (nSPS) is 11.2. The molecule has 7 nitrogen and oxygen atoms in total. The lowest BCUT2D eigenvalue weighted by Gasteiger charge is -1.91. The van der Waals surface area contributed by atoms with Gasteiger partial charge in [-0.25, -0.2) is 0 Å². The first-order valence-corrected chi connectivity index (χ1v) is 5.96. The second kappa shape index (κ2) is 4.20. The van der Waals surface area contributed by atoms with Crippen molar-refractivity contribution in [1.29, 1.82) is 0 Å². The fourth-order valence-corrected chi connectivity index (χ4v) is 2.11. The van der Waals surface area contributed by atoms with Gasteiger partial charge in [0.25, 0.3) is 5.89 Å². The highest BCUT2D eigenvalue weighted by atomic mass is 35.5. The van der Waals surface area contributed by atoms with E-state index in [2.05, 4.69) is 20.3 Å². The molecule has 0 bridgehead atoms. The van der Waals surface area contributed by atoms with Crippen LogP contribution in [0.2, 0.25) is 5.15 Å². The molecule has 0 N–H and O–H groups in total. The highest BCUT2D eigenvalue weighted by molar-refractivity contribution is 6.32. The molecule has 0 saturated carbocycles. The molecule has 0 fully saturated rings. The van der Waals surface area contributed by atoms with Crippen LogP contribution in [0.25, 0.3) is 22.8 Å². The van der Waals surface area contributed by atoms with Crippen molar-refractivity contribution in [2.45, 2.75) is 6.92 Å². The van der Waals surface area contributed by atoms with Gasteiger partial charge in [-0.1, -0.05) is 16.8 Å². The first-order valence-electron chi connectivity index (χ1n) is 5.58. The second-order valence-electron chi connectivity index (χ2n) is 4.20. The van der Waals surface area contributed by atoms with Crippen LogP contribution in [-0.2, 0) is 14.1 Å². The summed E-state index contributed by atoms with van der Waals surface area (Å²) in [5.41, 5.74) is 2.19. The van der Waals surface area contributed by atoms with E-state index in [1.54, 1.807) is 22.6 Å². The van der Waals surface area contributed by atoms with Gasteiger partial charge >= 0.3 is 0 Å². The largest absolute Gasteiger partial charge is 0.333 e. The number of aryl methyl sites for hydroxylation is 3. The van der Waals surface area contributed by atoms with E-state index in [1.165, 1.54) is 0 Å². The number of nitrogens with zero attached hydrogens (tertiary/aromatic N) is 6. The van der Waals surface area contributed by atoms with Crippen LogP contribution in [-0.4, -0.2) is 29.7 Å². The number of halogens is 1. The molecule has 0 amide bonds. The molecule has 3 heterocycles. The third-order valence-electron chi connectivity index (χ3n) is 2.76. The molecular formula is C11H11ClN6O. The van der Waals surface area contributed by atoms with Crippen molar-refractivity contribution in [3.8, 4) is 22.8 Å². The van der Waals surface area contributed by atoms with Crippen LogP contribution >= 0.6 is 11.6 Å². The average molecular weight is 279 g/mol. The molecule has 0 radical (unpaired) electrons. The first-order chi connectivity index (χ1) is 9.06. The summed E-state index contributed by atoms with van der Waals surface area (Å²) in [5, 5.41) is 12.7. The molecule has 0 aliphatic rings. The van der Waals surface area contributed by atoms with Crippen LogP contribution in [0.3, 0.4) is 0 Å². The van der Waals surface area contributed by atoms with Gasteiger partial charge in [-0.2, -0.15) is 15.2 Å². The second-order valence-corrected chi connectivity index (χ2v) is 4.56. The molecule has 0 aliphatic heterocycles. The van der Waals surface area contributed by atoms with Gasteiger partial charge in [-0.05, 0) is 6.92 Å². The van der Waals surface area contributed by atoms with Crippen LogP contribution < -0.4 is 0 Å². The zero-order valence-electron chi connectivity index (χ0n) is 10.6. The molecule has 0 spiro atoms. The molecule has 8 heteroatoms. The zero-order valence-corrected chi connectivity index (χ0v) is 11.4. The Morgan fingerprint density at radius 2 is 2.11 bits per heavy atom. The van der Waals surface area contributed by atoms with Crippen molar-refractivity contribution >= 4 is 11.6 Å². The average Bonchev–Trinajstić information content (AvgIpc) is 3.02. The Bertz CT molecular complexity index is 740. The van der Waals surface area contributed by atoms with Crippen LogP contribution in [0.5, 0.6) is 0 Å². The van der Waals surface area contributed by atoms with E-state index in [0.717, 1.165) is 11.3 Å². The van der Waals surface area contributed by atoms with Crippen LogP contribution in [0.4, 0.5) is 0 Å². The summed E-state index contributed by atoms with van der Waals surface area (Å²) in [4.78, 5) is 4.33. The first kappa shape index (κ1) is 11.9. The maximum atomic E-state index is 6.16. The van der Waals surface area contributed by atoms with Gasteiger partial charge < -0.3 is 4.52 Å². The molecule has 98 valence electrons. The zero-order chi connectivity index (χ0) is 13.6. The summed E-state index contributed by atoms with van der Waals surface area (Å²) in [7, 11) is 3.59. The predicted molar refractivity (Wildman–Crippen MR) is 68.4 cm³/mol. The van der Waals surface area contributed by atoms with E-state index in [0.29, 0.717) is 22.4 Å². The Hall–Kier alpha value is -2.15. The smallest absolute Gasteiger partial charge is 0.263 e. The summed E-state index contributed by atoms with van der Waals surface area (Å²) < 4.78 is 8.50. The molecule has 19 heavy (non-hydrogen) atoms. The fourth-order valence-electron chi connectivity index (χ4n) is 1.85. The number of hydrogen-bond acceptors (Lipinski definition) is 5. The van der Waals surface area contributed by atoms with Gasteiger partial charge in [-0.15, -0.1) is 0 Å². The van der Waals surface area contributed by atoms with Gasteiger partial charge in [0, 0.05) is 20.3 Å². The SMILES string of the molecule is Cc1nn(C)c(Cl)c1-c1nc(-c2cnn(C)c2)no1. The molecule has 0 aliphatic carbocycles. The third kappa shape index (κ3) is 1.91. The predicted octanol–water partition coefficient (Wildman–Crippen LogP) is 1.83. The Morgan fingerprint density at radius 1 is 1.32 bits per heavy atom. The summed E-state index contributed by atoms with van der Waals surface area (Å²) in [6.07, 6.45) is 3.48. The minimum absolute atomic E-state index is 0.356. The van der Waals surface area contributed by atoms with Crippen molar-refractivity contribution in [2.75, 3.05) is 0 Å². The van der Waals surface area contributed by atoms with E-state index < -0.39 is 0 Å². The number of hydrogen-bond donors (Lipinski definition) is 0. The van der Waals surface area contributed by atoms with Crippen LogP contribution in [0, 0.1) is 6.92 Å². The fraction of sp³-hybridized carbons (Fsp3) is 0.273. The number of rotatable bonds is 2. The van der Waals surface area contributed by atoms with Crippen LogP contribution in [0.15, 0.2) is 16.9 Å². The van der Waals surface area contributed by atoms with Crippen LogP contribution in [0.1, 0.15) is 5.69 Å². The van der Waals surface area contributed by atoms with E-state index in [4.69, 9.17) is 16.1 Å². The lowest BCUT2D eigenvalue weighted by Crippen LogP contribution is -1.89. The maximum Gasteiger partial charge on any atom is 0.263 e. The van der Waals surface area contributed by atoms with Gasteiger partial charge in [-0.3, -0.25) is 9.36 Å². The van der Waals surface area contributed by atoms with E-state index in [-0.39, 0.29) is 0 Å². The van der Waals surface area contributed by atoms with Crippen molar-refractivity contribution in [3.05, 3.63) is 23.2 Å². The third-order valence-corrected chi connectivity index (χ3v) is 3.19. The minimum Gasteiger partial charge on any atom is -0.333 e. The standard InChI is InChI=1S/C11H11ClN6O/c1-6-8(9(12)18(3)15-6)11-14-10(16-19-11)7-4-13-17(2)5-7/h4-5H,1-3H3. The summed E-state index contributed by atoms with van der Waals surface area (Å²) in [6, 6.07) is 0. The molecule has 0 saturated heterocycles. The molecule has 3 aromatic heterocycles. The van der Waals surface area contributed by atoms with Crippen molar-refractivity contribution in [1.82, 2.24) is 29.7 Å². The number of aromatic nitrogens is 6. The van der Waals surface area contributed by atoms with Gasteiger partial charge in [0.1, 0.15) is 5.15 Å². The lowest BCUT2D eigenvalue weighted by molar-refractivity contribution is 0.432. The minimum atomic E-state index is 0.356. The highest BCUT2D eigenvalue weighted by Gasteiger charge is 2.20. The summed E-state index contributed by atoms with van der Waals surface area (Å²) in [5.74, 6) is 0.830. The molecule has 3 rings (SSSR count). The van der Waals surface area contributed by atoms with E-state index >= 15 is 0 Å². The Morgan fingerprint density at radius 3 is 2.68 bits per heavy atom. The topological polar surface area (TPSA) is 74.6 Å². The highest BCUT2D eigenvalue weighted by Crippen LogP contribution is 2.30. The van der Waals surface area contributed by atoms with Crippen molar-refractivity contribution in [2.24, 2.45) is 14.1 Å². The lowest BCUT2D eigenvalue weighted by atomic mass is 10.2. The van der Waals surface area contributed by atoms with Gasteiger partial charge in [0.15, 0.2) is 0 Å².